The maximum absolute atomic E-state index is 12.4. The Morgan fingerprint density at radius 3 is 2.74 bits per heavy atom. The van der Waals surface area contributed by atoms with Crippen LogP contribution in [-0.2, 0) is 11.3 Å². The minimum atomic E-state index is -0.142. The third-order valence-electron chi connectivity index (χ3n) is 4.40. The van der Waals surface area contributed by atoms with Crippen LogP contribution >= 0.6 is 11.6 Å². The lowest BCUT2D eigenvalue weighted by Crippen LogP contribution is -2.49. The Morgan fingerprint density at radius 2 is 2.00 bits per heavy atom. The molecule has 1 aliphatic carbocycles. The van der Waals surface area contributed by atoms with E-state index in [-0.39, 0.29) is 17.9 Å². The van der Waals surface area contributed by atoms with Crippen molar-refractivity contribution < 1.29 is 9.59 Å². The molecule has 23 heavy (non-hydrogen) atoms. The van der Waals surface area contributed by atoms with Gasteiger partial charge in [-0.05, 0) is 37.3 Å². The molecule has 0 bridgehead atoms. The number of nitrogens with zero attached hydrogens (tertiary/aromatic N) is 1. The van der Waals surface area contributed by atoms with Crippen LogP contribution in [0.5, 0.6) is 0 Å². The molecule has 0 unspecified atom stereocenters. The van der Waals surface area contributed by atoms with Gasteiger partial charge in [0.25, 0.3) is 0 Å². The van der Waals surface area contributed by atoms with E-state index in [9.17, 15) is 9.59 Å². The average Bonchev–Trinajstić information content (AvgIpc) is 3.38. The van der Waals surface area contributed by atoms with Gasteiger partial charge in [-0.25, -0.2) is 4.79 Å². The molecule has 2 fully saturated rings. The number of rotatable bonds is 4. The fourth-order valence-corrected chi connectivity index (χ4v) is 3.04. The first-order valence-corrected chi connectivity index (χ1v) is 8.58. The largest absolute Gasteiger partial charge is 0.352 e. The zero-order valence-corrected chi connectivity index (χ0v) is 13.8. The standard InChI is InChI=1S/C17H22ClN3O2/c18-15-6-2-1-4-12(15)10-19-16(22)13-5-3-9-21(11-13)17(23)20-14-7-8-14/h1-2,4,6,13-14H,3,5,7-11H2,(H,19,22)(H,20,23)/t13-/m1/s1. The van der Waals surface area contributed by atoms with Crippen molar-refractivity contribution in [2.24, 2.45) is 5.92 Å². The van der Waals surface area contributed by atoms with Crippen LogP contribution in [0.3, 0.4) is 0 Å². The molecular weight excluding hydrogens is 314 g/mol. The summed E-state index contributed by atoms with van der Waals surface area (Å²) in [6.45, 7) is 1.64. The monoisotopic (exact) mass is 335 g/mol. The first-order valence-electron chi connectivity index (χ1n) is 8.20. The van der Waals surface area contributed by atoms with Crippen molar-refractivity contribution in [2.45, 2.75) is 38.3 Å². The van der Waals surface area contributed by atoms with E-state index in [1.54, 1.807) is 4.90 Å². The van der Waals surface area contributed by atoms with E-state index in [0.29, 0.717) is 24.2 Å². The molecule has 0 aromatic heterocycles. The van der Waals surface area contributed by atoms with Crippen molar-refractivity contribution in [3.05, 3.63) is 34.9 Å². The summed E-state index contributed by atoms with van der Waals surface area (Å²) < 4.78 is 0. The lowest BCUT2D eigenvalue weighted by atomic mass is 9.97. The van der Waals surface area contributed by atoms with Crippen LogP contribution < -0.4 is 10.6 Å². The van der Waals surface area contributed by atoms with Crippen molar-refractivity contribution in [3.8, 4) is 0 Å². The van der Waals surface area contributed by atoms with E-state index in [0.717, 1.165) is 37.8 Å². The predicted octanol–water partition coefficient (Wildman–Crippen LogP) is 2.54. The molecule has 0 radical (unpaired) electrons. The summed E-state index contributed by atoms with van der Waals surface area (Å²) in [6, 6.07) is 7.79. The van der Waals surface area contributed by atoms with Gasteiger partial charge in [0.1, 0.15) is 0 Å². The Labute approximate surface area is 141 Å². The molecule has 1 aliphatic heterocycles. The van der Waals surface area contributed by atoms with Gasteiger partial charge < -0.3 is 15.5 Å². The van der Waals surface area contributed by atoms with Gasteiger partial charge in [0.2, 0.25) is 5.91 Å². The number of hydrogen-bond acceptors (Lipinski definition) is 2. The highest BCUT2D eigenvalue weighted by Gasteiger charge is 2.31. The fraction of sp³-hybridized carbons (Fsp3) is 0.529. The zero-order valence-electron chi connectivity index (χ0n) is 13.1. The van der Waals surface area contributed by atoms with Crippen LogP contribution in [-0.4, -0.2) is 36.0 Å². The summed E-state index contributed by atoms with van der Waals surface area (Å²) >= 11 is 6.10. The summed E-state index contributed by atoms with van der Waals surface area (Å²) in [6.07, 6.45) is 3.83. The number of carbonyl (C=O) groups excluding carboxylic acids is 2. The topological polar surface area (TPSA) is 61.4 Å². The Bertz CT molecular complexity index is 589. The van der Waals surface area contributed by atoms with E-state index in [1.807, 2.05) is 24.3 Å². The Kier molecular flexibility index (Phi) is 5.06. The van der Waals surface area contributed by atoms with Crippen LogP contribution in [0, 0.1) is 5.92 Å². The van der Waals surface area contributed by atoms with Crippen molar-refractivity contribution in [1.82, 2.24) is 15.5 Å². The van der Waals surface area contributed by atoms with Crippen molar-refractivity contribution >= 4 is 23.5 Å². The van der Waals surface area contributed by atoms with E-state index in [4.69, 9.17) is 11.6 Å². The van der Waals surface area contributed by atoms with Gasteiger partial charge in [-0.3, -0.25) is 4.79 Å². The van der Waals surface area contributed by atoms with Gasteiger partial charge >= 0.3 is 6.03 Å². The number of benzene rings is 1. The Hall–Kier alpha value is -1.75. The smallest absolute Gasteiger partial charge is 0.317 e. The second-order valence-electron chi connectivity index (χ2n) is 6.32. The zero-order chi connectivity index (χ0) is 16.2. The third-order valence-corrected chi connectivity index (χ3v) is 4.76. The molecule has 1 saturated carbocycles. The number of urea groups is 1. The number of piperidine rings is 1. The summed E-state index contributed by atoms with van der Waals surface area (Å²) in [5.41, 5.74) is 0.904. The Balaban J connectivity index is 1.50. The molecule has 2 aliphatic rings. The molecule has 1 aromatic carbocycles. The molecular formula is C17H22ClN3O2. The number of amides is 3. The second kappa shape index (κ2) is 7.21. The summed E-state index contributed by atoms with van der Waals surface area (Å²) in [5, 5.41) is 6.58. The molecule has 2 N–H and O–H groups in total. The van der Waals surface area contributed by atoms with Gasteiger partial charge in [0.05, 0.1) is 5.92 Å². The number of nitrogens with one attached hydrogen (secondary N) is 2. The summed E-state index contributed by atoms with van der Waals surface area (Å²) in [5.74, 6) is -0.148. The van der Waals surface area contributed by atoms with Crippen molar-refractivity contribution in [2.75, 3.05) is 13.1 Å². The minimum absolute atomic E-state index is 0.00570. The van der Waals surface area contributed by atoms with E-state index < -0.39 is 0 Å². The summed E-state index contributed by atoms with van der Waals surface area (Å²) in [4.78, 5) is 26.2. The molecule has 1 saturated heterocycles. The molecule has 124 valence electrons. The fourth-order valence-electron chi connectivity index (χ4n) is 2.84. The highest BCUT2D eigenvalue weighted by atomic mass is 35.5. The van der Waals surface area contributed by atoms with Crippen LogP contribution in [0.4, 0.5) is 4.79 Å². The first-order chi connectivity index (χ1) is 11.1. The molecule has 6 heteroatoms. The van der Waals surface area contributed by atoms with Crippen LogP contribution in [0.25, 0.3) is 0 Å². The molecule has 3 rings (SSSR count). The number of halogens is 1. The first kappa shape index (κ1) is 16.1. The van der Waals surface area contributed by atoms with E-state index >= 15 is 0 Å². The lowest BCUT2D eigenvalue weighted by Gasteiger charge is -2.32. The predicted molar refractivity (Wildman–Crippen MR) is 89.1 cm³/mol. The normalized spacial score (nSPS) is 20.9. The average molecular weight is 336 g/mol. The quantitative estimate of drug-likeness (QED) is 0.888. The van der Waals surface area contributed by atoms with Gasteiger partial charge in [0, 0.05) is 30.7 Å². The van der Waals surface area contributed by atoms with Crippen LogP contribution in [0.1, 0.15) is 31.2 Å². The van der Waals surface area contributed by atoms with Gasteiger partial charge in [-0.15, -0.1) is 0 Å². The number of carbonyl (C=O) groups is 2. The summed E-state index contributed by atoms with van der Waals surface area (Å²) in [7, 11) is 0. The maximum Gasteiger partial charge on any atom is 0.317 e. The Morgan fingerprint density at radius 1 is 1.22 bits per heavy atom. The molecule has 1 atom stereocenters. The molecule has 1 aromatic rings. The molecule has 0 spiro atoms. The molecule has 3 amide bonds. The minimum Gasteiger partial charge on any atom is -0.352 e. The van der Waals surface area contributed by atoms with E-state index in [2.05, 4.69) is 10.6 Å². The molecule has 5 nitrogen and oxygen atoms in total. The van der Waals surface area contributed by atoms with Crippen LogP contribution in [0.2, 0.25) is 5.02 Å². The molecule has 1 heterocycles. The van der Waals surface area contributed by atoms with Crippen molar-refractivity contribution in [1.29, 1.82) is 0 Å². The highest BCUT2D eigenvalue weighted by Crippen LogP contribution is 2.21. The van der Waals surface area contributed by atoms with Crippen LogP contribution in [0.15, 0.2) is 24.3 Å². The van der Waals surface area contributed by atoms with Gasteiger partial charge in [-0.1, -0.05) is 29.8 Å². The number of hydrogen-bond donors (Lipinski definition) is 2. The van der Waals surface area contributed by atoms with Gasteiger partial charge in [-0.2, -0.15) is 0 Å². The van der Waals surface area contributed by atoms with E-state index in [1.165, 1.54) is 0 Å². The lowest BCUT2D eigenvalue weighted by molar-refractivity contribution is -0.126. The third kappa shape index (κ3) is 4.38. The SMILES string of the molecule is O=C(NCc1ccccc1Cl)[C@@H]1CCCN(C(=O)NC2CC2)C1. The second-order valence-corrected chi connectivity index (χ2v) is 6.73. The number of likely N-dealkylation sites (tertiary alicyclic amines) is 1. The van der Waals surface area contributed by atoms with Crippen molar-refractivity contribution in [3.63, 3.8) is 0 Å². The maximum atomic E-state index is 12.4. The van der Waals surface area contributed by atoms with Gasteiger partial charge in [0.15, 0.2) is 0 Å². The highest BCUT2D eigenvalue weighted by molar-refractivity contribution is 6.31.